The Morgan fingerprint density at radius 1 is 0.750 bits per heavy atom. The van der Waals surface area contributed by atoms with Crippen LogP contribution in [0.5, 0.6) is 0 Å². The quantitative estimate of drug-likeness (QED) is 0.311. The molecule has 2 saturated heterocycles. The molecule has 1 aliphatic carbocycles. The van der Waals surface area contributed by atoms with Gasteiger partial charge in [-0.05, 0) is 81.2 Å². The summed E-state index contributed by atoms with van der Waals surface area (Å²) in [6, 6.07) is 10.8. The fourth-order valence-electron chi connectivity index (χ4n) is 6.91. The molecule has 0 aromatic heterocycles. The van der Waals surface area contributed by atoms with Crippen LogP contribution in [-0.4, -0.2) is 53.9 Å². The third-order valence-electron chi connectivity index (χ3n) is 9.39. The minimum Gasteiger partial charge on any atom is -0.370 e. The summed E-state index contributed by atoms with van der Waals surface area (Å²) in [6.45, 7) is 3.76. The summed E-state index contributed by atoms with van der Waals surface area (Å²) in [5.74, 6) is -0.317. The molecule has 1 saturated carbocycles. The van der Waals surface area contributed by atoms with Crippen molar-refractivity contribution in [1.29, 1.82) is 0 Å². The number of carbonyl (C=O) groups excluding carboxylic acids is 2. The molecular formula is C33H38F6N2O3. The maximum absolute atomic E-state index is 13.7. The first-order valence-corrected chi connectivity index (χ1v) is 15.4. The Morgan fingerprint density at radius 2 is 1.27 bits per heavy atom. The van der Waals surface area contributed by atoms with Crippen LogP contribution in [0.1, 0.15) is 86.1 Å². The van der Waals surface area contributed by atoms with Crippen LogP contribution in [0.2, 0.25) is 0 Å². The molecule has 0 radical (unpaired) electrons. The number of piperidine rings is 1. The number of nitrogens with zero attached hydrogens (tertiary/aromatic N) is 2. The second kappa shape index (κ2) is 13.1. The van der Waals surface area contributed by atoms with Crippen molar-refractivity contribution in [2.75, 3.05) is 26.2 Å². The molecule has 2 heterocycles. The van der Waals surface area contributed by atoms with Crippen LogP contribution in [0.3, 0.4) is 0 Å². The van der Waals surface area contributed by atoms with Gasteiger partial charge in [-0.3, -0.25) is 9.59 Å². The van der Waals surface area contributed by atoms with Crippen LogP contribution in [-0.2, 0) is 26.7 Å². The topological polar surface area (TPSA) is 49.9 Å². The third-order valence-corrected chi connectivity index (χ3v) is 9.39. The van der Waals surface area contributed by atoms with Crippen LogP contribution < -0.4 is 0 Å². The van der Waals surface area contributed by atoms with Crippen molar-refractivity contribution in [3.05, 3.63) is 70.8 Å². The van der Waals surface area contributed by atoms with Gasteiger partial charge >= 0.3 is 12.4 Å². The normalized spacial score (nSPS) is 25.6. The van der Waals surface area contributed by atoms with E-state index in [0.29, 0.717) is 57.3 Å². The number of ether oxygens (including phenoxy) is 1. The highest BCUT2D eigenvalue weighted by atomic mass is 19.4. The van der Waals surface area contributed by atoms with Gasteiger partial charge in [-0.15, -0.1) is 0 Å². The molecule has 2 aliphatic heterocycles. The van der Waals surface area contributed by atoms with Gasteiger partial charge < -0.3 is 14.5 Å². The molecule has 5 nitrogen and oxygen atoms in total. The fourth-order valence-corrected chi connectivity index (χ4v) is 6.91. The van der Waals surface area contributed by atoms with Crippen molar-refractivity contribution in [2.24, 2.45) is 11.8 Å². The van der Waals surface area contributed by atoms with Crippen molar-refractivity contribution >= 4 is 11.8 Å². The van der Waals surface area contributed by atoms with Crippen molar-refractivity contribution in [2.45, 2.75) is 82.3 Å². The zero-order chi connectivity index (χ0) is 31.6. The van der Waals surface area contributed by atoms with Crippen LogP contribution in [0, 0.1) is 11.8 Å². The van der Waals surface area contributed by atoms with E-state index in [1.54, 1.807) is 0 Å². The molecule has 3 fully saturated rings. The molecule has 2 aromatic carbocycles. The number of likely N-dealkylation sites (tertiary alicyclic amines) is 2. The maximum atomic E-state index is 13.7. The van der Waals surface area contributed by atoms with Gasteiger partial charge in [0.05, 0.1) is 23.3 Å². The first-order chi connectivity index (χ1) is 20.8. The highest BCUT2D eigenvalue weighted by Crippen LogP contribution is 2.40. The molecule has 2 aromatic rings. The minimum absolute atomic E-state index is 0.0252. The molecule has 44 heavy (non-hydrogen) atoms. The van der Waals surface area contributed by atoms with E-state index in [0.717, 1.165) is 31.5 Å². The Bertz CT molecular complexity index is 1270. The Kier molecular flexibility index (Phi) is 9.63. The van der Waals surface area contributed by atoms with E-state index < -0.39 is 35.7 Å². The Balaban J connectivity index is 1.28. The molecule has 2 amide bonds. The van der Waals surface area contributed by atoms with Gasteiger partial charge in [0, 0.05) is 43.9 Å². The summed E-state index contributed by atoms with van der Waals surface area (Å²) in [5, 5.41) is 0. The molecule has 0 bridgehead atoms. The minimum atomic E-state index is -4.95. The molecule has 11 heteroatoms. The standard InChI is InChI=1S/C33H38F6N2O3/c1-21(25-17-26(32(34,35)36)19-27(18-25)33(37,38)39)44-29-13-16-41(20-28(29)22-7-3-2-4-8-22)31(43)24-11-9-23(10-12-24)30(42)40-14-5-6-15-40/h2-4,7-8,17-19,21,23-24,28-29H,5-6,9-16,20H2,1H3/t21-,23?,24?,28+,29+/m1/s1. The third kappa shape index (κ3) is 7.41. The lowest BCUT2D eigenvalue weighted by atomic mass is 9.80. The Morgan fingerprint density at radius 3 is 1.80 bits per heavy atom. The van der Waals surface area contributed by atoms with Gasteiger partial charge in [0.15, 0.2) is 0 Å². The van der Waals surface area contributed by atoms with Gasteiger partial charge in [-0.1, -0.05) is 30.3 Å². The number of alkyl halides is 6. The fraction of sp³-hybridized carbons (Fsp3) is 0.576. The lowest BCUT2D eigenvalue weighted by Crippen LogP contribution is -2.48. The molecule has 0 unspecified atom stereocenters. The van der Waals surface area contributed by atoms with Gasteiger partial charge in [0.25, 0.3) is 0 Å². The van der Waals surface area contributed by atoms with E-state index in [9.17, 15) is 35.9 Å². The summed E-state index contributed by atoms with van der Waals surface area (Å²) in [7, 11) is 0. The molecule has 240 valence electrons. The molecule has 3 atom stereocenters. The predicted octanol–water partition coefficient (Wildman–Crippen LogP) is 7.62. The predicted molar refractivity (Wildman–Crippen MR) is 151 cm³/mol. The second-order valence-corrected chi connectivity index (χ2v) is 12.3. The van der Waals surface area contributed by atoms with Crippen LogP contribution in [0.15, 0.2) is 48.5 Å². The number of rotatable bonds is 6. The van der Waals surface area contributed by atoms with Crippen LogP contribution in [0.25, 0.3) is 0 Å². The van der Waals surface area contributed by atoms with Crippen molar-refractivity contribution in [1.82, 2.24) is 9.80 Å². The first kappa shape index (κ1) is 32.3. The second-order valence-electron chi connectivity index (χ2n) is 12.3. The van der Waals surface area contributed by atoms with E-state index in [2.05, 4.69) is 0 Å². The van der Waals surface area contributed by atoms with E-state index in [1.807, 2.05) is 40.1 Å². The molecule has 0 spiro atoms. The van der Waals surface area contributed by atoms with Gasteiger partial charge in [-0.25, -0.2) is 0 Å². The van der Waals surface area contributed by atoms with Crippen LogP contribution >= 0.6 is 0 Å². The van der Waals surface area contributed by atoms with Crippen LogP contribution in [0.4, 0.5) is 26.3 Å². The van der Waals surface area contributed by atoms with E-state index in [1.165, 1.54) is 6.92 Å². The number of halogens is 6. The molecule has 5 rings (SSSR count). The summed E-state index contributed by atoms with van der Waals surface area (Å²) in [4.78, 5) is 30.2. The van der Waals surface area contributed by atoms with E-state index in [-0.39, 0.29) is 41.2 Å². The molecule has 3 aliphatic rings. The number of amides is 2. The summed E-state index contributed by atoms with van der Waals surface area (Å²) >= 11 is 0. The van der Waals surface area contributed by atoms with Gasteiger partial charge in [-0.2, -0.15) is 26.3 Å². The summed E-state index contributed by atoms with van der Waals surface area (Å²) in [6.07, 6.45) is -6.39. The lowest BCUT2D eigenvalue weighted by Gasteiger charge is -2.42. The smallest absolute Gasteiger partial charge is 0.370 e. The SMILES string of the molecule is C[C@@H](O[C@H]1CCN(C(=O)C2CCC(C(=O)N3CCCC3)CC2)C[C@H]1c1ccccc1)c1cc(C(F)(F)F)cc(C(F)(F)F)c1. The number of carbonyl (C=O) groups is 2. The average molecular weight is 625 g/mol. The number of hydrogen-bond acceptors (Lipinski definition) is 3. The Labute approximate surface area is 253 Å². The average Bonchev–Trinajstić information content (AvgIpc) is 3.55. The van der Waals surface area contributed by atoms with Gasteiger partial charge in [0.1, 0.15) is 0 Å². The zero-order valence-electron chi connectivity index (χ0n) is 24.7. The molecular weight excluding hydrogens is 586 g/mol. The van der Waals surface area contributed by atoms with E-state index >= 15 is 0 Å². The highest BCUT2D eigenvalue weighted by molar-refractivity contribution is 5.81. The monoisotopic (exact) mass is 624 g/mol. The van der Waals surface area contributed by atoms with Crippen molar-refractivity contribution < 1.29 is 40.7 Å². The van der Waals surface area contributed by atoms with E-state index in [4.69, 9.17) is 4.74 Å². The van der Waals surface area contributed by atoms with Gasteiger partial charge in [0.2, 0.25) is 11.8 Å². The van der Waals surface area contributed by atoms with Crippen molar-refractivity contribution in [3.63, 3.8) is 0 Å². The molecule has 0 N–H and O–H groups in total. The summed E-state index contributed by atoms with van der Waals surface area (Å²) < 4.78 is 87.1. The first-order valence-electron chi connectivity index (χ1n) is 15.4. The number of hydrogen-bond donors (Lipinski definition) is 0. The lowest BCUT2D eigenvalue weighted by molar-refractivity contribution is -0.144. The maximum Gasteiger partial charge on any atom is 0.416 e. The number of benzene rings is 2. The zero-order valence-corrected chi connectivity index (χ0v) is 24.7. The highest BCUT2D eigenvalue weighted by Gasteiger charge is 2.40. The largest absolute Gasteiger partial charge is 0.416 e. The Hall–Kier alpha value is -3.08. The summed E-state index contributed by atoms with van der Waals surface area (Å²) in [5.41, 5.74) is -2.09. The van der Waals surface area contributed by atoms with Crippen molar-refractivity contribution in [3.8, 4) is 0 Å².